The van der Waals surface area contributed by atoms with Gasteiger partial charge in [0, 0.05) is 6.20 Å². The van der Waals surface area contributed by atoms with Crippen molar-refractivity contribution < 1.29 is 17.6 Å². The number of hydrogen-bond donors (Lipinski definition) is 1. The van der Waals surface area contributed by atoms with Crippen molar-refractivity contribution in [1.82, 2.24) is 20.5 Å². The highest BCUT2D eigenvalue weighted by Gasteiger charge is 2.30. The van der Waals surface area contributed by atoms with E-state index in [4.69, 9.17) is 4.42 Å². The van der Waals surface area contributed by atoms with Crippen LogP contribution in [0.5, 0.6) is 0 Å². The second kappa shape index (κ2) is 5.58. The van der Waals surface area contributed by atoms with Crippen LogP contribution >= 0.6 is 0 Å². The SMILES string of the molecule is CCNC(C)c1nnc(-c2ccc(C(F)(F)F)cn2)o1. The molecule has 0 bridgehead atoms. The van der Waals surface area contributed by atoms with Crippen LogP contribution in [-0.4, -0.2) is 21.7 Å². The molecule has 2 aromatic heterocycles. The molecule has 0 radical (unpaired) electrons. The third kappa shape index (κ3) is 3.13. The lowest BCUT2D eigenvalue weighted by Gasteiger charge is -2.06. The molecule has 8 heteroatoms. The van der Waals surface area contributed by atoms with E-state index in [2.05, 4.69) is 20.5 Å². The zero-order chi connectivity index (χ0) is 14.8. The molecule has 0 fully saturated rings. The Morgan fingerprint density at radius 1 is 1.30 bits per heavy atom. The van der Waals surface area contributed by atoms with E-state index in [1.165, 1.54) is 6.07 Å². The van der Waals surface area contributed by atoms with Crippen LogP contribution in [0, 0.1) is 0 Å². The summed E-state index contributed by atoms with van der Waals surface area (Å²) in [6, 6.07) is 2.01. The average molecular weight is 286 g/mol. The molecule has 0 saturated carbocycles. The largest absolute Gasteiger partial charge is 0.418 e. The van der Waals surface area contributed by atoms with Crippen molar-refractivity contribution in [3.8, 4) is 11.6 Å². The fourth-order valence-electron chi connectivity index (χ4n) is 1.59. The Morgan fingerprint density at radius 3 is 2.60 bits per heavy atom. The molecule has 2 rings (SSSR count). The summed E-state index contributed by atoms with van der Waals surface area (Å²) in [5.74, 6) is 0.460. The summed E-state index contributed by atoms with van der Waals surface area (Å²) < 4.78 is 42.6. The third-order valence-electron chi connectivity index (χ3n) is 2.63. The van der Waals surface area contributed by atoms with Crippen molar-refractivity contribution in [1.29, 1.82) is 0 Å². The van der Waals surface area contributed by atoms with Gasteiger partial charge < -0.3 is 9.73 Å². The number of hydrogen-bond acceptors (Lipinski definition) is 5. The van der Waals surface area contributed by atoms with E-state index in [1.54, 1.807) is 0 Å². The van der Waals surface area contributed by atoms with Crippen molar-refractivity contribution in [2.75, 3.05) is 6.54 Å². The van der Waals surface area contributed by atoms with Gasteiger partial charge in [-0.25, -0.2) is 0 Å². The van der Waals surface area contributed by atoms with E-state index in [0.717, 1.165) is 18.8 Å². The molecule has 0 aliphatic heterocycles. The maximum atomic E-state index is 12.4. The number of nitrogens with one attached hydrogen (secondary N) is 1. The summed E-state index contributed by atoms with van der Waals surface area (Å²) in [6.07, 6.45) is -3.67. The maximum Gasteiger partial charge on any atom is 0.417 e. The first-order valence-corrected chi connectivity index (χ1v) is 6.02. The van der Waals surface area contributed by atoms with Crippen LogP contribution in [0.25, 0.3) is 11.6 Å². The van der Waals surface area contributed by atoms with Gasteiger partial charge in [0.15, 0.2) is 0 Å². The lowest BCUT2D eigenvalue weighted by atomic mass is 10.2. The van der Waals surface area contributed by atoms with E-state index < -0.39 is 11.7 Å². The molecule has 5 nitrogen and oxygen atoms in total. The van der Waals surface area contributed by atoms with Gasteiger partial charge in [-0.1, -0.05) is 6.92 Å². The molecule has 2 heterocycles. The minimum absolute atomic E-state index is 0.0958. The summed E-state index contributed by atoms with van der Waals surface area (Å²) in [7, 11) is 0. The van der Waals surface area contributed by atoms with Crippen LogP contribution in [-0.2, 0) is 6.18 Å². The Bertz CT molecular complexity index is 565. The molecule has 2 aromatic rings. The Morgan fingerprint density at radius 2 is 2.05 bits per heavy atom. The molecule has 108 valence electrons. The first kappa shape index (κ1) is 14.4. The summed E-state index contributed by atoms with van der Waals surface area (Å²) >= 11 is 0. The Labute approximate surface area is 113 Å². The zero-order valence-corrected chi connectivity index (χ0v) is 10.9. The van der Waals surface area contributed by atoms with Crippen LogP contribution in [0.3, 0.4) is 0 Å². The molecule has 0 aromatic carbocycles. The predicted octanol–water partition coefficient (Wildman–Crippen LogP) is 2.82. The lowest BCUT2D eigenvalue weighted by molar-refractivity contribution is -0.137. The Kier molecular flexibility index (Phi) is 4.03. The van der Waals surface area contributed by atoms with E-state index in [1.807, 2.05) is 13.8 Å². The summed E-state index contributed by atoms with van der Waals surface area (Å²) in [4.78, 5) is 3.70. The molecule has 0 aliphatic rings. The van der Waals surface area contributed by atoms with Gasteiger partial charge in [0.1, 0.15) is 5.69 Å². The summed E-state index contributed by atoms with van der Waals surface area (Å²) in [5.41, 5.74) is -0.609. The predicted molar refractivity (Wildman–Crippen MR) is 64.6 cm³/mol. The number of pyridine rings is 1. The number of halogens is 3. The maximum absolute atomic E-state index is 12.4. The van der Waals surface area contributed by atoms with Gasteiger partial charge in [0.2, 0.25) is 5.89 Å². The molecular weight excluding hydrogens is 273 g/mol. The van der Waals surface area contributed by atoms with Gasteiger partial charge in [-0.3, -0.25) is 4.98 Å². The smallest absolute Gasteiger partial charge is 0.417 e. The van der Waals surface area contributed by atoms with E-state index in [0.29, 0.717) is 5.89 Å². The molecule has 1 atom stereocenters. The highest BCUT2D eigenvalue weighted by molar-refractivity contribution is 5.46. The first-order valence-electron chi connectivity index (χ1n) is 6.02. The van der Waals surface area contributed by atoms with Crippen LogP contribution in [0.1, 0.15) is 31.3 Å². The Balaban J connectivity index is 2.20. The summed E-state index contributed by atoms with van der Waals surface area (Å²) in [5, 5.41) is 10.7. The second-order valence-corrected chi connectivity index (χ2v) is 4.15. The molecule has 20 heavy (non-hydrogen) atoms. The van der Waals surface area contributed by atoms with Crippen LogP contribution < -0.4 is 5.32 Å². The minimum atomic E-state index is -4.41. The average Bonchev–Trinajstić information content (AvgIpc) is 2.88. The topological polar surface area (TPSA) is 63.8 Å². The molecule has 0 amide bonds. The van der Waals surface area contributed by atoms with Gasteiger partial charge >= 0.3 is 6.18 Å². The van der Waals surface area contributed by atoms with Crippen LogP contribution in [0.15, 0.2) is 22.7 Å². The second-order valence-electron chi connectivity index (χ2n) is 4.15. The van der Waals surface area contributed by atoms with Crippen molar-refractivity contribution >= 4 is 0 Å². The Hall–Kier alpha value is -1.96. The molecule has 1 N–H and O–H groups in total. The fourth-order valence-corrected chi connectivity index (χ4v) is 1.59. The minimum Gasteiger partial charge on any atom is -0.418 e. The first-order chi connectivity index (χ1) is 9.41. The van der Waals surface area contributed by atoms with Gasteiger partial charge in [-0.05, 0) is 25.6 Å². The summed E-state index contributed by atoms with van der Waals surface area (Å²) in [6.45, 7) is 4.52. The van der Waals surface area contributed by atoms with Gasteiger partial charge in [-0.15, -0.1) is 10.2 Å². The van der Waals surface area contributed by atoms with Gasteiger partial charge in [0.05, 0.1) is 11.6 Å². The molecule has 0 saturated heterocycles. The van der Waals surface area contributed by atoms with Gasteiger partial charge in [0.25, 0.3) is 5.89 Å². The molecule has 0 aliphatic carbocycles. The molecule has 1 unspecified atom stereocenters. The molecular formula is C12H13F3N4O. The zero-order valence-electron chi connectivity index (χ0n) is 10.9. The van der Waals surface area contributed by atoms with Crippen molar-refractivity contribution in [3.63, 3.8) is 0 Å². The van der Waals surface area contributed by atoms with Crippen LogP contribution in [0.2, 0.25) is 0 Å². The van der Waals surface area contributed by atoms with Crippen molar-refractivity contribution in [2.24, 2.45) is 0 Å². The van der Waals surface area contributed by atoms with Crippen LogP contribution in [0.4, 0.5) is 13.2 Å². The third-order valence-corrected chi connectivity index (χ3v) is 2.63. The lowest BCUT2D eigenvalue weighted by Crippen LogP contribution is -2.17. The highest BCUT2D eigenvalue weighted by Crippen LogP contribution is 2.29. The highest BCUT2D eigenvalue weighted by atomic mass is 19.4. The number of alkyl halides is 3. The van der Waals surface area contributed by atoms with E-state index in [-0.39, 0.29) is 17.6 Å². The number of nitrogens with zero attached hydrogens (tertiary/aromatic N) is 3. The van der Waals surface area contributed by atoms with E-state index >= 15 is 0 Å². The van der Waals surface area contributed by atoms with Crippen molar-refractivity contribution in [2.45, 2.75) is 26.1 Å². The number of aromatic nitrogens is 3. The number of rotatable bonds is 4. The molecule has 0 spiro atoms. The normalized spacial score (nSPS) is 13.4. The van der Waals surface area contributed by atoms with Crippen molar-refractivity contribution in [3.05, 3.63) is 29.8 Å². The standard InChI is InChI=1S/C12H13F3N4O/c1-3-16-7(2)10-18-19-11(20-10)9-5-4-8(6-17-9)12(13,14)15/h4-7,16H,3H2,1-2H3. The van der Waals surface area contributed by atoms with E-state index in [9.17, 15) is 13.2 Å². The van der Waals surface area contributed by atoms with Gasteiger partial charge in [-0.2, -0.15) is 13.2 Å². The fraction of sp³-hybridized carbons (Fsp3) is 0.417. The monoisotopic (exact) mass is 286 g/mol. The quantitative estimate of drug-likeness (QED) is 0.936.